The van der Waals surface area contributed by atoms with E-state index in [0.29, 0.717) is 11.7 Å². The first-order valence-electron chi connectivity index (χ1n) is 6.72. The molecule has 0 aromatic heterocycles. The first-order valence-corrected chi connectivity index (χ1v) is 6.72. The van der Waals surface area contributed by atoms with Crippen molar-refractivity contribution in [1.82, 2.24) is 4.90 Å². The molecule has 1 aromatic rings. The van der Waals surface area contributed by atoms with Crippen LogP contribution in [0.1, 0.15) is 30.1 Å². The number of hydrogen-bond donors (Lipinski definition) is 3. The van der Waals surface area contributed by atoms with Crippen LogP contribution in [0, 0.1) is 0 Å². The van der Waals surface area contributed by atoms with Gasteiger partial charge in [0.15, 0.2) is 0 Å². The van der Waals surface area contributed by atoms with E-state index in [9.17, 15) is 4.79 Å². The zero-order valence-corrected chi connectivity index (χ0v) is 11.2. The number of anilines is 2. The molecule has 104 valence electrons. The van der Waals surface area contributed by atoms with Gasteiger partial charge in [0.25, 0.3) is 0 Å². The van der Waals surface area contributed by atoms with Gasteiger partial charge in [0, 0.05) is 12.6 Å². The number of piperidine rings is 1. The van der Waals surface area contributed by atoms with Crippen molar-refractivity contribution >= 4 is 17.3 Å². The largest absolute Gasteiger partial charge is 0.478 e. The van der Waals surface area contributed by atoms with Crippen molar-refractivity contribution in [2.45, 2.75) is 25.8 Å². The van der Waals surface area contributed by atoms with Crippen LogP contribution in [0.4, 0.5) is 11.4 Å². The number of likely N-dealkylation sites (tertiary alicyclic amines) is 1. The van der Waals surface area contributed by atoms with Gasteiger partial charge in [-0.1, -0.05) is 13.0 Å². The Labute approximate surface area is 113 Å². The topological polar surface area (TPSA) is 78.6 Å². The number of nitrogen functional groups attached to an aromatic ring is 1. The molecule has 0 bridgehead atoms. The van der Waals surface area contributed by atoms with E-state index in [2.05, 4.69) is 17.1 Å². The highest BCUT2D eigenvalue weighted by atomic mass is 16.4. The SMILES string of the molecule is CCN1CCCC(Nc2cccc(C(=O)O)c2N)C1. The maximum absolute atomic E-state index is 11.0. The van der Waals surface area contributed by atoms with Crippen molar-refractivity contribution in [3.8, 4) is 0 Å². The number of carboxylic acid groups (broad SMARTS) is 1. The second kappa shape index (κ2) is 5.93. The molecule has 0 radical (unpaired) electrons. The van der Waals surface area contributed by atoms with Crippen LogP contribution < -0.4 is 11.1 Å². The predicted molar refractivity (Wildman–Crippen MR) is 76.6 cm³/mol. The van der Waals surface area contributed by atoms with Gasteiger partial charge in [-0.3, -0.25) is 0 Å². The van der Waals surface area contributed by atoms with Crippen LogP contribution in [-0.2, 0) is 0 Å². The molecule has 4 N–H and O–H groups in total. The Bertz CT molecular complexity index is 462. The summed E-state index contributed by atoms with van der Waals surface area (Å²) < 4.78 is 0. The summed E-state index contributed by atoms with van der Waals surface area (Å²) in [7, 11) is 0. The lowest BCUT2D eigenvalue weighted by Gasteiger charge is -2.33. The standard InChI is InChI=1S/C14H21N3O2/c1-2-17-8-4-5-10(9-17)16-12-7-3-6-11(13(12)15)14(18)19/h3,6-7,10,16H,2,4-5,8-9,15H2,1H3,(H,18,19). The van der Waals surface area contributed by atoms with Gasteiger partial charge in [0.05, 0.1) is 16.9 Å². The fraction of sp³-hybridized carbons (Fsp3) is 0.500. The summed E-state index contributed by atoms with van der Waals surface area (Å²) in [5.74, 6) is -0.986. The number of nitrogens with zero attached hydrogens (tertiary/aromatic N) is 1. The zero-order chi connectivity index (χ0) is 13.8. The molecule has 1 aromatic carbocycles. The lowest BCUT2D eigenvalue weighted by molar-refractivity contribution is 0.0698. The Morgan fingerprint density at radius 1 is 1.58 bits per heavy atom. The number of aromatic carboxylic acids is 1. The van der Waals surface area contributed by atoms with Crippen molar-refractivity contribution in [3.63, 3.8) is 0 Å². The van der Waals surface area contributed by atoms with E-state index in [-0.39, 0.29) is 5.56 Å². The molecule has 5 heteroatoms. The minimum Gasteiger partial charge on any atom is -0.478 e. The molecular formula is C14H21N3O2. The number of nitrogens with one attached hydrogen (secondary N) is 1. The third kappa shape index (κ3) is 3.17. The third-order valence-corrected chi connectivity index (χ3v) is 3.65. The second-order valence-corrected chi connectivity index (χ2v) is 4.95. The van der Waals surface area contributed by atoms with Crippen LogP contribution in [0.15, 0.2) is 18.2 Å². The monoisotopic (exact) mass is 263 g/mol. The molecular weight excluding hydrogens is 242 g/mol. The summed E-state index contributed by atoms with van der Waals surface area (Å²) in [4.78, 5) is 13.4. The fourth-order valence-corrected chi connectivity index (χ4v) is 2.56. The van der Waals surface area contributed by atoms with Gasteiger partial charge in [0.1, 0.15) is 0 Å². The minimum absolute atomic E-state index is 0.160. The molecule has 19 heavy (non-hydrogen) atoms. The summed E-state index contributed by atoms with van der Waals surface area (Å²) in [5.41, 5.74) is 7.12. The molecule has 0 spiro atoms. The lowest BCUT2D eigenvalue weighted by Crippen LogP contribution is -2.41. The highest BCUT2D eigenvalue weighted by Gasteiger charge is 2.20. The van der Waals surface area contributed by atoms with E-state index in [4.69, 9.17) is 10.8 Å². The number of benzene rings is 1. The molecule has 0 amide bonds. The van der Waals surface area contributed by atoms with Crippen molar-refractivity contribution in [2.24, 2.45) is 0 Å². The van der Waals surface area contributed by atoms with Gasteiger partial charge >= 0.3 is 5.97 Å². The summed E-state index contributed by atoms with van der Waals surface area (Å²) in [6.45, 7) is 5.32. The molecule has 1 aliphatic heterocycles. The summed E-state index contributed by atoms with van der Waals surface area (Å²) >= 11 is 0. The quantitative estimate of drug-likeness (QED) is 0.723. The van der Waals surface area contributed by atoms with Gasteiger partial charge < -0.3 is 21.1 Å². The number of rotatable bonds is 4. The summed E-state index contributed by atoms with van der Waals surface area (Å²) in [6.07, 6.45) is 2.25. The van der Waals surface area contributed by atoms with E-state index in [1.807, 2.05) is 6.07 Å². The van der Waals surface area contributed by atoms with Crippen molar-refractivity contribution in [2.75, 3.05) is 30.7 Å². The minimum atomic E-state index is -0.986. The van der Waals surface area contributed by atoms with E-state index in [1.54, 1.807) is 6.07 Å². The van der Waals surface area contributed by atoms with Crippen LogP contribution in [0.25, 0.3) is 0 Å². The average Bonchev–Trinajstić information content (AvgIpc) is 2.41. The number of nitrogens with two attached hydrogens (primary N) is 1. The van der Waals surface area contributed by atoms with Gasteiger partial charge in [-0.05, 0) is 38.1 Å². The van der Waals surface area contributed by atoms with E-state index in [1.165, 1.54) is 6.07 Å². The molecule has 1 atom stereocenters. The predicted octanol–water partition coefficient (Wildman–Crippen LogP) is 1.86. The van der Waals surface area contributed by atoms with E-state index >= 15 is 0 Å². The van der Waals surface area contributed by atoms with Gasteiger partial charge in [-0.25, -0.2) is 4.79 Å². The molecule has 1 unspecified atom stereocenters. The van der Waals surface area contributed by atoms with Crippen molar-refractivity contribution in [3.05, 3.63) is 23.8 Å². The molecule has 5 nitrogen and oxygen atoms in total. The molecule has 1 heterocycles. The fourth-order valence-electron chi connectivity index (χ4n) is 2.56. The van der Waals surface area contributed by atoms with Gasteiger partial charge in [-0.15, -0.1) is 0 Å². The summed E-state index contributed by atoms with van der Waals surface area (Å²) in [6, 6.07) is 5.43. The Morgan fingerprint density at radius 2 is 2.37 bits per heavy atom. The molecule has 2 rings (SSSR count). The Hall–Kier alpha value is -1.75. The Balaban J connectivity index is 2.10. The normalized spacial score (nSPS) is 20.2. The van der Waals surface area contributed by atoms with E-state index < -0.39 is 5.97 Å². The summed E-state index contributed by atoms with van der Waals surface area (Å²) in [5, 5.41) is 12.4. The Morgan fingerprint density at radius 3 is 3.05 bits per heavy atom. The maximum Gasteiger partial charge on any atom is 0.337 e. The highest BCUT2D eigenvalue weighted by molar-refractivity contribution is 5.97. The third-order valence-electron chi connectivity index (χ3n) is 3.65. The molecule has 1 saturated heterocycles. The van der Waals surface area contributed by atoms with Crippen molar-refractivity contribution in [1.29, 1.82) is 0 Å². The first-order chi connectivity index (χ1) is 9.11. The van der Waals surface area contributed by atoms with Crippen LogP contribution >= 0.6 is 0 Å². The number of likely N-dealkylation sites (N-methyl/N-ethyl adjacent to an activating group) is 1. The smallest absolute Gasteiger partial charge is 0.337 e. The number of carbonyl (C=O) groups is 1. The van der Waals surface area contributed by atoms with E-state index in [0.717, 1.165) is 38.2 Å². The molecule has 0 saturated carbocycles. The molecule has 1 aliphatic rings. The molecule has 1 fully saturated rings. The van der Waals surface area contributed by atoms with Crippen molar-refractivity contribution < 1.29 is 9.90 Å². The van der Waals surface area contributed by atoms with Gasteiger partial charge in [-0.2, -0.15) is 0 Å². The van der Waals surface area contributed by atoms with Crippen LogP contribution in [0.2, 0.25) is 0 Å². The van der Waals surface area contributed by atoms with Crippen LogP contribution in [0.5, 0.6) is 0 Å². The highest BCUT2D eigenvalue weighted by Crippen LogP contribution is 2.25. The number of carboxylic acids is 1. The van der Waals surface area contributed by atoms with Crippen LogP contribution in [0.3, 0.4) is 0 Å². The maximum atomic E-state index is 11.0. The zero-order valence-electron chi connectivity index (χ0n) is 11.2. The Kier molecular flexibility index (Phi) is 4.27. The van der Waals surface area contributed by atoms with Gasteiger partial charge in [0.2, 0.25) is 0 Å². The second-order valence-electron chi connectivity index (χ2n) is 4.95. The average molecular weight is 263 g/mol. The number of hydrogen-bond acceptors (Lipinski definition) is 4. The number of para-hydroxylation sites is 1. The molecule has 0 aliphatic carbocycles. The van der Waals surface area contributed by atoms with Crippen LogP contribution in [-0.4, -0.2) is 41.7 Å². The lowest BCUT2D eigenvalue weighted by atomic mass is 10.0. The first kappa shape index (κ1) is 13.7.